The summed E-state index contributed by atoms with van der Waals surface area (Å²) in [5, 5.41) is 0. The highest BCUT2D eigenvalue weighted by Gasteiger charge is 2.14. The van der Waals surface area contributed by atoms with Gasteiger partial charge in [-0.05, 0) is 19.1 Å². The smallest absolute Gasteiger partial charge is 0.310 e. The molecule has 88 valence electrons. The summed E-state index contributed by atoms with van der Waals surface area (Å²) in [7, 11) is 1.51. The minimum Gasteiger partial charge on any atom is -0.496 e. The first kappa shape index (κ1) is 12.2. The molecular formula is C11H16N2O3. The number of ether oxygens (including phenoxy) is 2. The number of methoxy groups -OCH3 is 1. The summed E-state index contributed by atoms with van der Waals surface area (Å²) in [6.45, 7) is 2.08. The van der Waals surface area contributed by atoms with Crippen LogP contribution in [0.2, 0.25) is 0 Å². The zero-order valence-corrected chi connectivity index (χ0v) is 9.45. The number of esters is 1. The number of hydrogen-bond donors (Lipinski definition) is 2. The molecule has 0 aliphatic carbocycles. The molecule has 1 aromatic rings. The van der Waals surface area contributed by atoms with Gasteiger partial charge in [0.1, 0.15) is 5.75 Å². The first-order chi connectivity index (χ1) is 7.60. The molecule has 0 spiro atoms. The predicted octanol–water partition coefficient (Wildman–Crippen LogP) is 0.965. The molecule has 0 fully saturated rings. The van der Waals surface area contributed by atoms with Gasteiger partial charge in [0.05, 0.1) is 31.5 Å². The van der Waals surface area contributed by atoms with Crippen LogP contribution in [0.4, 0.5) is 11.4 Å². The van der Waals surface area contributed by atoms with Gasteiger partial charge in [0.2, 0.25) is 0 Å². The van der Waals surface area contributed by atoms with Gasteiger partial charge in [0, 0.05) is 5.56 Å². The topological polar surface area (TPSA) is 87.6 Å². The van der Waals surface area contributed by atoms with E-state index < -0.39 is 0 Å². The van der Waals surface area contributed by atoms with Crippen LogP contribution in [0.15, 0.2) is 12.1 Å². The molecule has 1 rings (SSSR count). The lowest BCUT2D eigenvalue weighted by Gasteiger charge is -2.12. The van der Waals surface area contributed by atoms with E-state index >= 15 is 0 Å². The first-order valence-electron chi connectivity index (χ1n) is 4.96. The summed E-state index contributed by atoms with van der Waals surface area (Å²) in [6, 6.07) is 3.32. The number of carbonyl (C=O) groups is 1. The molecule has 0 heterocycles. The molecule has 0 aliphatic rings. The molecule has 16 heavy (non-hydrogen) atoms. The second kappa shape index (κ2) is 5.25. The number of rotatable bonds is 4. The molecule has 0 aliphatic heterocycles. The number of carbonyl (C=O) groups excluding carboxylic acids is 1. The minimum atomic E-state index is -0.349. The van der Waals surface area contributed by atoms with Crippen molar-refractivity contribution in [2.45, 2.75) is 13.3 Å². The summed E-state index contributed by atoms with van der Waals surface area (Å²) in [5.74, 6) is 0.192. The number of hydrogen-bond acceptors (Lipinski definition) is 5. The summed E-state index contributed by atoms with van der Waals surface area (Å²) >= 11 is 0. The average molecular weight is 224 g/mol. The van der Waals surface area contributed by atoms with Gasteiger partial charge in [-0.2, -0.15) is 0 Å². The van der Waals surface area contributed by atoms with Crippen LogP contribution >= 0.6 is 0 Å². The van der Waals surface area contributed by atoms with Gasteiger partial charge in [-0.3, -0.25) is 4.79 Å². The van der Waals surface area contributed by atoms with E-state index in [0.717, 1.165) is 0 Å². The van der Waals surface area contributed by atoms with Crippen LogP contribution < -0.4 is 16.2 Å². The molecule has 0 atom stereocenters. The van der Waals surface area contributed by atoms with Crippen molar-refractivity contribution < 1.29 is 14.3 Å². The third-order valence-electron chi connectivity index (χ3n) is 2.19. The van der Waals surface area contributed by atoms with E-state index in [-0.39, 0.29) is 12.4 Å². The monoisotopic (exact) mass is 224 g/mol. The van der Waals surface area contributed by atoms with E-state index in [4.69, 9.17) is 20.9 Å². The third-order valence-corrected chi connectivity index (χ3v) is 2.19. The quantitative estimate of drug-likeness (QED) is 0.587. The van der Waals surface area contributed by atoms with Gasteiger partial charge < -0.3 is 20.9 Å². The van der Waals surface area contributed by atoms with Crippen molar-refractivity contribution in [1.29, 1.82) is 0 Å². The molecular weight excluding hydrogens is 208 g/mol. The number of benzene rings is 1. The van der Waals surface area contributed by atoms with Gasteiger partial charge in [-0.25, -0.2) is 0 Å². The van der Waals surface area contributed by atoms with Gasteiger partial charge in [0.15, 0.2) is 0 Å². The maximum Gasteiger partial charge on any atom is 0.310 e. The molecule has 4 N–H and O–H groups in total. The van der Waals surface area contributed by atoms with Crippen molar-refractivity contribution in [2.75, 3.05) is 25.2 Å². The van der Waals surface area contributed by atoms with Crippen LogP contribution in [0.25, 0.3) is 0 Å². The average Bonchev–Trinajstić information content (AvgIpc) is 2.25. The molecule has 0 unspecified atom stereocenters. The van der Waals surface area contributed by atoms with Crippen molar-refractivity contribution in [2.24, 2.45) is 0 Å². The molecule has 0 amide bonds. The fourth-order valence-corrected chi connectivity index (χ4v) is 1.39. The van der Waals surface area contributed by atoms with E-state index in [9.17, 15) is 4.79 Å². The van der Waals surface area contributed by atoms with Crippen molar-refractivity contribution in [3.05, 3.63) is 17.7 Å². The first-order valence-corrected chi connectivity index (χ1v) is 4.96. The van der Waals surface area contributed by atoms with E-state index in [0.29, 0.717) is 29.3 Å². The lowest BCUT2D eigenvalue weighted by molar-refractivity contribution is -0.142. The third kappa shape index (κ3) is 2.56. The Labute approximate surface area is 94.3 Å². The number of anilines is 2. The molecule has 5 heteroatoms. The maximum absolute atomic E-state index is 11.4. The second-order valence-corrected chi connectivity index (χ2v) is 3.23. The largest absolute Gasteiger partial charge is 0.496 e. The summed E-state index contributed by atoms with van der Waals surface area (Å²) in [4.78, 5) is 11.4. The van der Waals surface area contributed by atoms with E-state index in [1.165, 1.54) is 7.11 Å². The summed E-state index contributed by atoms with van der Waals surface area (Å²) < 4.78 is 9.97. The Bertz CT molecular complexity index is 391. The van der Waals surface area contributed by atoms with Gasteiger partial charge in [-0.1, -0.05) is 0 Å². The Balaban J connectivity index is 3.00. The van der Waals surface area contributed by atoms with Gasteiger partial charge >= 0.3 is 5.97 Å². The van der Waals surface area contributed by atoms with Crippen LogP contribution in [0, 0.1) is 0 Å². The Hall–Kier alpha value is -1.91. The normalized spacial score (nSPS) is 9.88. The van der Waals surface area contributed by atoms with Gasteiger partial charge in [0.25, 0.3) is 0 Å². The highest BCUT2D eigenvalue weighted by atomic mass is 16.5. The molecule has 5 nitrogen and oxygen atoms in total. The Kier molecular flexibility index (Phi) is 3.99. The molecule has 0 saturated carbocycles. The zero-order chi connectivity index (χ0) is 12.1. The number of nitrogen functional groups attached to an aromatic ring is 2. The number of nitrogens with two attached hydrogens (primary N) is 2. The molecule has 0 radical (unpaired) electrons. The minimum absolute atomic E-state index is 0.0634. The van der Waals surface area contributed by atoms with Crippen LogP contribution in [0.1, 0.15) is 12.5 Å². The Morgan fingerprint density at radius 1 is 1.38 bits per heavy atom. The van der Waals surface area contributed by atoms with Crippen LogP contribution in [-0.4, -0.2) is 19.7 Å². The van der Waals surface area contributed by atoms with E-state index in [1.54, 1.807) is 19.1 Å². The molecule has 0 saturated heterocycles. The van der Waals surface area contributed by atoms with Crippen LogP contribution in [0.5, 0.6) is 5.75 Å². The predicted molar refractivity (Wildman–Crippen MR) is 62.2 cm³/mol. The summed E-state index contributed by atoms with van der Waals surface area (Å²) in [5.41, 5.74) is 12.8. The highest BCUT2D eigenvalue weighted by Crippen LogP contribution is 2.29. The summed E-state index contributed by atoms with van der Waals surface area (Å²) in [6.07, 6.45) is 0.0634. The SMILES string of the molecule is CCOC(=O)Cc1c(OC)ccc(N)c1N. The van der Waals surface area contributed by atoms with E-state index in [2.05, 4.69) is 0 Å². The maximum atomic E-state index is 11.4. The fraction of sp³-hybridized carbons (Fsp3) is 0.364. The fourth-order valence-electron chi connectivity index (χ4n) is 1.39. The standard InChI is InChI=1S/C11H16N2O3/c1-3-16-10(14)6-7-9(15-2)5-4-8(12)11(7)13/h4-5H,3,6,12-13H2,1-2H3. The molecule has 0 bridgehead atoms. The Morgan fingerprint density at radius 3 is 2.62 bits per heavy atom. The van der Waals surface area contributed by atoms with Crippen LogP contribution in [0.3, 0.4) is 0 Å². The van der Waals surface area contributed by atoms with Crippen molar-refractivity contribution in [3.63, 3.8) is 0 Å². The highest BCUT2D eigenvalue weighted by molar-refractivity contribution is 5.80. The van der Waals surface area contributed by atoms with Crippen LogP contribution in [-0.2, 0) is 16.0 Å². The molecule has 0 aromatic heterocycles. The molecule has 1 aromatic carbocycles. The second-order valence-electron chi connectivity index (χ2n) is 3.23. The zero-order valence-electron chi connectivity index (χ0n) is 9.45. The lowest BCUT2D eigenvalue weighted by Crippen LogP contribution is -2.11. The lowest BCUT2D eigenvalue weighted by atomic mass is 10.1. The van der Waals surface area contributed by atoms with Crippen molar-refractivity contribution in [1.82, 2.24) is 0 Å². The van der Waals surface area contributed by atoms with Gasteiger partial charge in [-0.15, -0.1) is 0 Å². The van der Waals surface area contributed by atoms with Crippen molar-refractivity contribution in [3.8, 4) is 5.75 Å². The van der Waals surface area contributed by atoms with E-state index in [1.807, 2.05) is 0 Å². The Morgan fingerprint density at radius 2 is 2.06 bits per heavy atom. The van der Waals surface area contributed by atoms with Crippen molar-refractivity contribution >= 4 is 17.3 Å².